The van der Waals surface area contributed by atoms with E-state index in [-0.39, 0.29) is 16.2 Å². The zero-order chi connectivity index (χ0) is 36.5. The van der Waals surface area contributed by atoms with Crippen LogP contribution in [0.1, 0.15) is 239 Å². The number of phosphoric ester groups is 1. The molecule has 0 fully saturated rings. The SMILES string of the molecule is CCCCC(C)(C)C(CCC)(CCC)OP(=O)(OC(CCC)(CCC)C(C)(C)CCCC)OC(CCC)(CCC)C(C)(C)CCCC. The van der Waals surface area contributed by atoms with E-state index in [2.05, 4.69) is 104 Å². The third kappa shape index (κ3) is 12.7. The molecule has 0 rings (SSSR count). The Kier molecular flexibility index (Phi) is 21.5. The van der Waals surface area contributed by atoms with E-state index >= 15 is 4.57 Å². The molecule has 5 heteroatoms. The zero-order valence-electron chi connectivity index (χ0n) is 34.9. The maximum absolute atomic E-state index is 16.4. The monoisotopic (exact) mass is 687 g/mol. The number of phosphoric acid groups is 1. The van der Waals surface area contributed by atoms with Gasteiger partial charge in [0.25, 0.3) is 0 Å². The molecule has 0 atom stereocenters. The zero-order valence-corrected chi connectivity index (χ0v) is 35.8. The average molecular weight is 687 g/mol. The smallest absolute Gasteiger partial charge is 0.280 e. The first-order valence-corrected chi connectivity index (χ1v) is 22.1. The summed E-state index contributed by atoms with van der Waals surface area (Å²) in [4.78, 5) is 0. The van der Waals surface area contributed by atoms with Crippen molar-refractivity contribution in [2.75, 3.05) is 0 Å². The molecule has 4 nitrogen and oxygen atoms in total. The molecule has 0 amide bonds. The van der Waals surface area contributed by atoms with Crippen molar-refractivity contribution in [1.82, 2.24) is 0 Å². The Morgan fingerprint density at radius 1 is 0.340 bits per heavy atom. The Morgan fingerprint density at radius 3 is 0.681 bits per heavy atom. The van der Waals surface area contributed by atoms with Crippen LogP contribution in [0, 0.1) is 16.2 Å². The predicted octanol–water partition coefficient (Wildman–Crippen LogP) is 15.8. The molecule has 0 N–H and O–H groups in total. The van der Waals surface area contributed by atoms with Gasteiger partial charge >= 0.3 is 7.82 Å². The first kappa shape index (κ1) is 47.1. The van der Waals surface area contributed by atoms with Gasteiger partial charge in [-0.25, -0.2) is 4.57 Å². The number of rotatable bonds is 30. The molecular formula is C42H87O4P. The van der Waals surface area contributed by atoms with E-state index in [1.165, 1.54) is 0 Å². The second kappa shape index (κ2) is 21.5. The van der Waals surface area contributed by atoms with Crippen molar-refractivity contribution in [3.63, 3.8) is 0 Å². The summed E-state index contributed by atoms with van der Waals surface area (Å²) in [5.74, 6) is 0. The van der Waals surface area contributed by atoms with Crippen molar-refractivity contribution in [1.29, 1.82) is 0 Å². The van der Waals surface area contributed by atoms with Gasteiger partial charge in [-0.3, -0.25) is 13.6 Å². The van der Waals surface area contributed by atoms with Crippen molar-refractivity contribution in [2.45, 2.75) is 255 Å². The van der Waals surface area contributed by atoms with Crippen LogP contribution < -0.4 is 0 Å². The van der Waals surface area contributed by atoms with E-state index in [4.69, 9.17) is 13.6 Å². The fourth-order valence-corrected chi connectivity index (χ4v) is 11.4. The standard InChI is InChI=1S/C42H87O4P/c1-16-25-34-37(10,11)40(28-19-4,29-20-5)44-47(43,45-41(30-21-6,31-22-7)38(12,13)35-26-17-2)46-42(32-23-8,33-24-9)39(14,15)36-27-18-3/h16-36H2,1-15H3. The molecule has 0 bridgehead atoms. The summed E-state index contributed by atoms with van der Waals surface area (Å²) in [6.07, 6.45) is 20.7. The second-order valence-electron chi connectivity index (χ2n) is 17.2. The first-order valence-electron chi connectivity index (χ1n) is 20.6. The van der Waals surface area contributed by atoms with Crippen LogP contribution in [-0.4, -0.2) is 16.8 Å². The minimum absolute atomic E-state index is 0.191. The van der Waals surface area contributed by atoms with Crippen LogP contribution in [0.25, 0.3) is 0 Å². The fourth-order valence-electron chi connectivity index (χ4n) is 8.71. The lowest BCUT2D eigenvalue weighted by atomic mass is 9.67. The number of hydrogen-bond acceptors (Lipinski definition) is 4. The van der Waals surface area contributed by atoms with Gasteiger partial charge in [0.05, 0.1) is 16.8 Å². The molecule has 0 unspecified atom stereocenters. The van der Waals surface area contributed by atoms with Crippen molar-refractivity contribution < 1.29 is 18.1 Å². The molecule has 0 aromatic carbocycles. The fraction of sp³-hybridized carbons (Fsp3) is 1.00. The molecule has 0 aliphatic carbocycles. The predicted molar refractivity (Wildman–Crippen MR) is 208 cm³/mol. The molecule has 0 saturated heterocycles. The average Bonchev–Trinajstić information content (AvgIpc) is 2.98. The van der Waals surface area contributed by atoms with Crippen LogP contribution in [0.3, 0.4) is 0 Å². The highest BCUT2D eigenvalue weighted by Gasteiger charge is 2.59. The van der Waals surface area contributed by atoms with Crippen molar-refractivity contribution in [2.24, 2.45) is 16.2 Å². The van der Waals surface area contributed by atoms with Gasteiger partial charge in [0, 0.05) is 0 Å². The van der Waals surface area contributed by atoms with Gasteiger partial charge in [-0.05, 0) is 74.0 Å². The molecule has 0 radical (unpaired) electrons. The van der Waals surface area contributed by atoms with Crippen LogP contribution in [0.2, 0.25) is 0 Å². The molecule has 0 spiro atoms. The summed E-state index contributed by atoms with van der Waals surface area (Å²) in [5.41, 5.74) is -2.42. The topological polar surface area (TPSA) is 44.8 Å². The van der Waals surface area contributed by atoms with Gasteiger partial charge in [-0.2, -0.15) is 0 Å². The maximum atomic E-state index is 16.4. The van der Waals surface area contributed by atoms with E-state index in [1.807, 2.05) is 0 Å². The summed E-state index contributed by atoms with van der Waals surface area (Å²) in [6, 6.07) is 0. The molecule has 0 aromatic rings. The largest absolute Gasteiger partial charge is 0.476 e. The maximum Gasteiger partial charge on any atom is 0.476 e. The van der Waals surface area contributed by atoms with E-state index < -0.39 is 24.6 Å². The van der Waals surface area contributed by atoms with Gasteiger partial charge < -0.3 is 0 Å². The van der Waals surface area contributed by atoms with Crippen molar-refractivity contribution >= 4 is 7.82 Å². The van der Waals surface area contributed by atoms with E-state index in [9.17, 15) is 0 Å². The first-order chi connectivity index (χ1) is 21.9. The molecule has 0 aliphatic rings. The van der Waals surface area contributed by atoms with E-state index in [0.717, 1.165) is 135 Å². The Labute approximate surface area is 297 Å². The van der Waals surface area contributed by atoms with Gasteiger partial charge in [-0.15, -0.1) is 0 Å². The summed E-state index contributed by atoms with van der Waals surface area (Å²) in [6.45, 7) is 34.4. The molecular weight excluding hydrogens is 599 g/mol. The van der Waals surface area contributed by atoms with Crippen molar-refractivity contribution in [3.05, 3.63) is 0 Å². The molecule has 0 aliphatic heterocycles. The van der Waals surface area contributed by atoms with Crippen LogP contribution in [0.5, 0.6) is 0 Å². The van der Waals surface area contributed by atoms with Gasteiger partial charge in [-0.1, -0.05) is 181 Å². The van der Waals surface area contributed by atoms with Gasteiger partial charge in [0.2, 0.25) is 0 Å². The highest BCUT2D eigenvalue weighted by Crippen LogP contribution is 2.68. The summed E-state index contributed by atoms with van der Waals surface area (Å²) in [7, 11) is -4.15. The molecule has 0 heterocycles. The molecule has 0 aromatic heterocycles. The van der Waals surface area contributed by atoms with Crippen molar-refractivity contribution in [3.8, 4) is 0 Å². The quantitative estimate of drug-likeness (QED) is 0.0706. The van der Waals surface area contributed by atoms with E-state index in [1.54, 1.807) is 0 Å². The van der Waals surface area contributed by atoms with Gasteiger partial charge in [0.1, 0.15) is 0 Å². The summed E-state index contributed by atoms with van der Waals surface area (Å²) < 4.78 is 38.8. The minimum Gasteiger partial charge on any atom is -0.280 e. The van der Waals surface area contributed by atoms with E-state index in [0.29, 0.717) is 0 Å². The van der Waals surface area contributed by atoms with Crippen LogP contribution in [-0.2, 0) is 18.1 Å². The Bertz CT molecular complexity index is 733. The second-order valence-corrected chi connectivity index (χ2v) is 18.6. The molecule has 284 valence electrons. The highest BCUT2D eigenvalue weighted by molar-refractivity contribution is 7.48. The number of hydrogen-bond donors (Lipinski definition) is 0. The lowest BCUT2D eigenvalue weighted by molar-refractivity contribution is -0.159. The lowest BCUT2D eigenvalue weighted by Crippen LogP contribution is -2.52. The summed E-state index contributed by atoms with van der Waals surface area (Å²) in [5, 5.41) is 0. The normalized spacial score (nSPS) is 14.3. The summed E-state index contributed by atoms with van der Waals surface area (Å²) >= 11 is 0. The Hall–Kier alpha value is 0.110. The van der Waals surface area contributed by atoms with Gasteiger partial charge in [0.15, 0.2) is 0 Å². The molecule has 47 heavy (non-hydrogen) atoms. The Morgan fingerprint density at radius 2 is 0.532 bits per heavy atom. The number of unbranched alkanes of at least 4 members (excludes halogenated alkanes) is 3. The Balaban J connectivity index is 7.97. The lowest BCUT2D eigenvalue weighted by Gasteiger charge is -2.54. The van der Waals surface area contributed by atoms with Crippen LogP contribution in [0.15, 0.2) is 0 Å². The third-order valence-corrected chi connectivity index (χ3v) is 13.7. The minimum atomic E-state index is -4.15. The highest BCUT2D eigenvalue weighted by atomic mass is 31.2. The third-order valence-electron chi connectivity index (χ3n) is 11.9. The van der Waals surface area contributed by atoms with Crippen LogP contribution in [0.4, 0.5) is 0 Å². The van der Waals surface area contributed by atoms with Crippen LogP contribution >= 0.6 is 7.82 Å². The molecule has 0 saturated carbocycles.